The van der Waals surface area contributed by atoms with Gasteiger partial charge < -0.3 is 10.1 Å². The van der Waals surface area contributed by atoms with Crippen molar-refractivity contribution < 1.29 is 5.11 Å². The van der Waals surface area contributed by atoms with E-state index in [-0.39, 0.29) is 5.56 Å². The molecule has 0 unspecified atom stereocenters. The maximum absolute atomic E-state index is 12.1. The number of aromatic nitrogens is 2. The van der Waals surface area contributed by atoms with Crippen molar-refractivity contribution in [3.63, 3.8) is 0 Å². The average molecular weight is 300 g/mol. The van der Waals surface area contributed by atoms with Gasteiger partial charge in [-0.3, -0.25) is 4.79 Å². The molecule has 0 spiro atoms. The van der Waals surface area contributed by atoms with E-state index in [1.165, 1.54) is 11.3 Å². The highest BCUT2D eigenvalue weighted by atomic mass is 32.1. The number of nitrogens with zero attached hydrogens (tertiary/aromatic N) is 1. The number of hydrogen-bond acceptors (Lipinski definition) is 4. The molecule has 0 radical (unpaired) electrons. The van der Waals surface area contributed by atoms with Crippen molar-refractivity contribution in [3.8, 4) is 11.4 Å². The Morgan fingerprint density at radius 1 is 1.24 bits per heavy atom. The molecule has 0 aliphatic heterocycles. The number of aryl methyl sites for hydroxylation is 1. The lowest BCUT2D eigenvalue weighted by Crippen LogP contribution is -2.15. The molecule has 0 saturated heterocycles. The van der Waals surface area contributed by atoms with E-state index in [0.717, 1.165) is 22.2 Å². The quantitative estimate of drug-likeness (QED) is 0.764. The fraction of sp³-hybridized carbons (Fsp3) is 0.250. The van der Waals surface area contributed by atoms with Gasteiger partial charge in [0.15, 0.2) is 0 Å². The largest absolute Gasteiger partial charge is 0.386 e. The van der Waals surface area contributed by atoms with Gasteiger partial charge in [-0.2, -0.15) is 0 Å². The van der Waals surface area contributed by atoms with Crippen molar-refractivity contribution in [3.05, 3.63) is 51.1 Å². The van der Waals surface area contributed by atoms with Crippen LogP contribution in [0.15, 0.2) is 34.4 Å². The molecule has 108 valence electrons. The van der Waals surface area contributed by atoms with E-state index in [4.69, 9.17) is 0 Å². The van der Waals surface area contributed by atoms with Crippen LogP contribution in [0.2, 0.25) is 0 Å². The van der Waals surface area contributed by atoms with Gasteiger partial charge in [0.05, 0.1) is 11.1 Å². The highest BCUT2D eigenvalue weighted by Crippen LogP contribution is 2.25. The fourth-order valence-electron chi connectivity index (χ4n) is 2.21. The van der Waals surface area contributed by atoms with Crippen LogP contribution >= 0.6 is 11.3 Å². The van der Waals surface area contributed by atoms with E-state index in [1.54, 1.807) is 13.8 Å². The summed E-state index contributed by atoms with van der Waals surface area (Å²) in [6.45, 7) is 5.43. The number of rotatable bonds is 2. The Bertz CT molecular complexity index is 855. The van der Waals surface area contributed by atoms with Gasteiger partial charge in [-0.25, -0.2) is 4.98 Å². The summed E-state index contributed by atoms with van der Waals surface area (Å²) in [5.41, 5.74) is 2.42. The number of aromatic amines is 1. The highest BCUT2D eigenvalue weighted by molar-refractivity contribution is 7.17. The maximum Gasteiger partial charge on any atom is 0.269 e. The molecule has 21 heavy (non-hydrogen) atoms. The number of thiophene rings is 1. The molecule has 1 aromatic carbocycles. The van der Waals surface area contributed by atoms with Crippen molar-refractivity contribution in [1.82, 2.24) is 9.97 Å². The van der Waals surface area contributed by atoms with Gasteiger partial charge in [0, 0.05) is 5.56 Å². The smallest absolute Gasteiger partial charge is 0.269 e. The van der Waals surface area contributed by atoms with E-state index in [0.29, 0.717) is 10.5 Å². The molecule has 3 aromatic rings. The fourth-order valence-corrected chi connectivity index (χ4v) is 3.10. The van der Waals surface area contributed by atoms with Crippen molar-refractivity contribution in [1.29, 1.82) is 0 Å². The second-order valence-corrected chi connectivity index (χ2v) is 6.53. The molecule has 0 aliphatic rings. The lowest BCUT2D eigenvalue weighted by atomic mass is 9.97. The minimum absolute atomic E-state index is 0.111. The van der Waals surface area contributed by atoms with Crippen LogP contribution in [-0.4, -0.2) is 15.1 Å². The summed E-state index contributed by atoms with van der Waals surface area (Å²) in [5.74, 6) is 0.552. The summed E-state index contributed by atoms with van der Waals surface area (Å²) < 4.78 is 0.657. The molecule has 4 nitrogen and oxygen atoms in total. The molecule has 2 heterocycles. The summed E-state index contributed by atoms with van der Waals surface area (Å²) in [6.07, 6.45) is 0. The summed E-state index contributed by atoms with van der Waals surface area (Å²) in [4.78, 5) is 19.5. The van der Waals surface area contributed by atoms with Gasteiger partial charge in [-0.05, 0) is 37.3 Å². The predicted molar refractivity (Wildman–Crippen MR) is 85.7 cm³/mol. The second kappa shape index (κ2) is 4.79. The van der Waals surface area contributed by atoms with Crippen molar-refractivity contribution in [2.45, 2.75) is 26.4 Å². The first-order valence-corrected chi connectivity index (χ1v) is 7.55. The van der Waals surface area contributed by atoms with Gasteiger partial charge in [0.1, 0.15) is 10.5 Å². The maximum atomic E-state index is 12.1. The van der Waals surface area contributed by atoms with E-state index in [1.807, 2.05) is 36.6 Å². The Hall–Kier alpha value is -1.98. The number of H-pyrrole nitrogens is 1. The molecular weight excluding hydrogens is 284 g/mol. The molecule has 0 saturated carbocycles. The first-order chi connectivity index (χ1) is 9.86. The van der Waals surface area contributed by atoms with Crippen LogP contribution in [0, 0.1) is 6.92 Å². The zero-order valence-electron chi connectivity index (χ0n) is 12.1. The molecular formula is C16H16N2O2S. The van der Waals surface area contributed by atoms with Crippen LogP contribution < -0.4 is 5.56 Å². The van der Waals surface area contributed by atoms with Gasteiger partial charge in [-0.15, -0.1) is 11.3 Å². The van der Waals surface area contributed by atoms with Crippen molar-refractivity contribution in [2.24, 2.45) is 0 Å². The monoisotopic (exact) mass is 300 g/mol. The van der Waals surface area contributed by atoms with E-state index < -0.39 is 5.60 Å². The Labute approximate surface area is 126 Å². The van der Waals surface area contributed by atoms with Gasteiger partial charge in [0.25, 0.3) is 5.56 Å². The van der Waals surface area contributed by atoms with Crippen LogP contribution in [0.5, 0.6) is 0 Å². The van der Waals surface area contributed by atoms with Gasteiger partial charge in [-0.1, -0.05) is 24.3 Å². The standard InChI is InChI=1S/C16H16N2O2S/c1-9-8-21-13-12(9)17-14(18-15(13)19)10-4-6-11(7-5-10)16(2,3)20/h4-8,20H,1-3H3,(H,17,18,19). The molecule has 2 aromatic heterocycles. The predicted octanol–water partition coefficient (Wildman–Crippen LogP) is 3.19. The van der Waals surface area contributed by atoms with Crippen LogP contribution in [0.25, 0.3) is 21.6 Å². The molecule has 0 amide bonds. The van der Waals surface area contributed by atoms with E-state index in [9.17, 15) is 9.90 Å². The number of nitrogens with one attached hydrogen (secondary N) is 1. The molecule has 2 N–H and O–H groups in total. The van der Waals surface area contributed by atoms with Crippen LogP contribution in [0.3, 0.4) is 0 Å². The summed E-state index contributed by atoms with van der Waals surface area (Å²) in [6, 6.07) is 7.41. The summed E-state index contributed by atoms with van der Waals surface area (Å²) in [5, 5.41) is 11.9. The van der Waals surface area contributed by atoms with Gasteiger partial charge in [0.2, 0.25) is 0 Å². The molecule has 3 rings (SSSR count). The SMILES string of the molecule is Cc1csc2c(=O)[nH]c(-c3ccc(C(C)(C)O)cc3)nc12. The lowest BCUT2D eigenvalue weighted by molar-refractivity contribution is 0.0786. The Kier molecular flexibility index (Phi) is 3.19. The average Bonchev–Trinajstić information content (AvgIpc) is 2.80. The van der Waals surface area contributed by atoms with Crippen LogP contribution in [0.4, 0.5) is 0 Å². The first-order valence-electron chi connectivity index (χ1n) is 6.67. The summed E-state index contributed by atoms with van der Waals surface area (Å²) in [7, 11) is 0. The van der Waals surface area contributed by atoms with E-state index in [2.05, 4.69) is 9.97 Å². The van der Waals surface area contributed by atoms with Crippen LogP contribution in [-0.2, 0) is 5.60 Å². The van der Waals surface area contributed by atoms with Crippen LogP contribution in [0.1, 0.15) is 25.0 Å². The highest BCUT2D eigenvalue weighted by Gasteiger charge is 2.16. The molecule has 0 bridgehead atoms. The Morgan fingerprint density at radius 3 is 2.52 bits per heavy atom. The lowest BCUT2D eigenvalue weighted by Gasteiger charge is -2.17. The minimum Gasteiger partial charge on any atom is -0.386 e. The van der Waals surface area contributed by atoms with Crippen molar-refractivity contribution in [2.75, 3.05) is 0 Å². The zero-order valence-corrected chi connectivity index (χ0v) is 12.9. The minimum atomic E-state index is -0.882. The number of aliphatic hydroxyl groups is 1. The topological polar surface area (TPSA) is 66.0 Å². The third-order valence-electron chi connectivity index (χ3n) is 3.47. The summed E-state index contributed by atoms with van der Waals surface area (Å²) >= 11 is 1.41. The second-order valence-electron chi connectivity index (χ2n) is 5.65. The first kappa shape index (κ1) is 14.0. The normalized spacial score (nSPS) is 12.0. The molecule has 0 atom stereocenters. The third-order valence-corrected chi connectivity index (χ3v) is 4.55. The number of hydrogen-bond donors (Lipinski definition) is 2. The van der Waals surface area contributed by atoms with E-state index >= 15 is 0 Å². The molecule has 5 heteroatoms. The van der Waals surface area contributed by atoms with Gasteiger partial charge >= 0.3 is 0 Å². The van der Waals surface area contributed by atoms with Crippen molar-refractivity contribution >= 4 is 21.6 Å². The third kappa shape index (κ3) is 2.50. The molecule has 0 fully saturated rings. The zero-order chi connectivity index (χ0) is 15.2. The number of benzene rings is 1. The molecule has 0 aliphatic carbocycles. The Morgan fingerprint density at radius 2 is 1.90 bits per heavy atom. The number of fused-ring (bicyclic) bond motifs is 1. The Balaban J connectivity index is 2.12.